The summed E-state index contributed by atoms with van der Waals surface area (Å²) in [6.07, 6.45) is 6.76. The van der Waals surface area contributed by atoms with Crippen molar-refractivity contribution in [3.63, 3.8) is 0 Å². The number of hydrogen-bond donors (Lipinski definition) is 1. The molecule has 1 fully saturated rings. The molecule has 6 nitrogen and oxygen atoms in total. The van der Waals surface area contributed by atoms with Crippen molar-refractivity contribution in [2.75, 3.05) is 20.3 Å². The summed E-state index contributed by atoms with van der Waals surface area (Å²) >= 11 is 0. The van der Waals surface area contributed by atoms with E-state index in [2.05, 4.69) is 5.32 Å². The van der Waals surface area contributed by atoms with Crippen LogP contribution in [0.1, 0.15) is 51.0 Å². The lowest BCUT2D eigenvalue weighted by Gasteiger charge is -2.32. The van der Waals surface area contributed by atoms with E-state index in [-0.39, 0.29) is 24.5 Å². The average molecular weight is 453 g/mol. The molecule has 2 aromatic rings. The fourth-order valence-electron chi connectivity index (χ4n) is 4.40. The molecule has 1 atom stereocenters. The topological polar surface area (TPSA) is 67.9 Å². The van der Waals surface area contributed by atoms with E-state index < -0.39 is 6.04 Å². The smallest absolute Gasteiger partial charge is 0.261 e. The van der Waals surface area contributed by atoms with Crippen LogP contribution in [0.2, 0.25) is 0 Å². The van der Waals surface area contributed by atoms with Crippen LogP contribution < -0.4 is 14.8 Å². The number of carbonyl (C=O) groups is 2. The first-order valence-corrected chi connectivity index (χ1v) is 12.0. The number of para-hydroxylation sites is 2. The number of nitrogens with zero attached hydrogens (tertiary/aromatic N) is 1. The monoisotopic (exact) mass is 452 g/mol. The van der Waals surface area contributed by atoms with Gasteiger partial charge in [-0.3, -0.25) is 9.59 Å². The van der Waals surface area contributed by atoms with Crippen molar-refractivity contribution in [3.05, 3.63) is 60.2 Å². The van der Waals surface area contributed by atoms with E-state index in [0.717, 1.165) is 31.2 Å². The van der Waals surface area contributed by atoms with Gasteiger partial charge in [-0.15, -0.1) is 0 Å². The van der Waals surface area contributed by atoms with Crippen molar-refractivity contribution >= 4 is 11.8 Å². The first-order chi connectivity index (χ1) is 16.1. The molecule has 0 aliphatic heterocycles. The van der Waals surface area contributed by atoms with Crippen LogP contribution >= 0.6 is 0 Å². The second-order valence-electron chi connectivity index (χ2n) is 8.53. The van der Waals surface area contributed by atoms with Crippen LogP contribution in [0.25, 0.3) is 0 Å². The molecule has 0 spiro atoms. The molecule has 6 heteroatoms. The van der Waals surface area contributed by atoms with Crippen LogP contribution in [-0.2, 0) is 16.0 Å². The summed E-state index contributed by atoms with van der Waals surface area (Å²) in [6, 6.07) is 16.9. The Hall–Kier alpha value is -3.02. The zero-order valence-electron chi connectivity index (χ0n) is 19.8. The van der Waals surface area contributed by atoms with Gasteiger partial charge < -0.3 is 19.7 Å². The first-order valence-electron chi connectivity index (χ1n) is 12.0. The molecule has 1 unspecified atom stereocenters. The van der Waals surface area contributed by atoms with Crippen molar-refractivity contribution in [1.82, 2.24) is 10.2 Å². The number of carbonyl (C=O) groups excluding carboxylic acids is 2. The highest BCUT2D eigenvalue weighted by Crippen LogP contribution is 2.26. The van der Waals surface area contributed by atoms with Gasteiger partial charge >= 0.3 is 0 Å². The Morgan fingerprint density at radius 3 is 2.33 bits per heavy atom. The molecule has 1 aliphatic carbocycles. The summed E-state index contributed by atoms with van der Waals surface area (Å²) in [6.45, 7) is 2.26. The highest BCUT2D eigenvalue weighted by molar-refractivity contribution is 5.88. The minimum atomic E-state index is -0.524. The third kappa shape index (κ3) is 7.24. The third-order valence-electron chi connectivity index (χ3n) is 6.24. The molecule has 1 saturated carbocycles. The fourth-order valence-corrected chi connectivity index (χ4v) is 4.40. The van der Waals surface area contributed by atoms with Crippen LogP contribution in [0.5, 0.6) is 11.5 Å². The number of hydrogen-bond acceptors (Lipinski definition) is 4. The molecule has 0 heterocycles. The molecular formula is C27H36N2O4. The summed E-state index contributed by atoms with van der Waals surface area (Å²) in [7, 11) is 1.57. The molecule has 3 rings (SSSR count). The molecule has 2 amide bonds. The highest BCUT2D eigenvalue weighted by atomic mass is 16.5. The number of nitrogens with one attached hydrogen (secondary N) is 1. The predicted octanol–water partition coefficient (Wildman–Crippen LogP) is 4.37. The number of methoxy groups -OCH3 is 1. The summed E-state index contributed by atoms with van der Waals surface area (Å²) in [5.74, 6) is 0.810. The zero-order valence-corrected chi connectivity index (χ0v) is 19.8. The summed E-state index contributed by atoms with van der Waals surface area (Å²) in [5.41, 5.74) is 1.13. The lowest BCUT2D eigenvalue weighted by molar-refractivity contribution is -0.142. The molecule has 2 aromatic carbocycles. The SMILES string of the molecule is CCC(C(=O)NC1CCCCC1)N(CCc1ccccc1)C(=O)COc1ccccc1OC. The van der Waals surface area contributed by atoms with E-state index in [9.17, 15) is 9.59 Å². The van der Waals surface area contributed by atoms with E-state index in [0.29, 0.717) is 30.9 Å². The summed E-state index contributed by atoms with van der Waals surface area (Å²) in [5, 5.41) is 3.20. The van der Waals surface area contributed by atoms with Crippen molar-refractivity contribution in [2.24, 2.45) is 0 Å². The van der Waals surface area contributed by atoms with Gasteiger partial charge in [0.2, 0.25) is 5.91 Å². The van der Waals surface area contributed by atoms with Crippen LogP contribution in [0.3, 0.4) is 0 Å². The Bertz CT molecular complexity index is 881. The summed E-state index contributed by atoms with van der Waals surface area (Å²) in [4.78, 5) is 28.2. The van der Waals surface area contributed by atoms with Gasteiger partial charge in [0.1, 0.15) is 6.04 Å². The molecule has 0 aromatic heterocycles. The number of rotatable bonds is 11. The van der Waals surface area contributed by atoms with Crippen LogP contribution in [-0.4, -0.2) is 49.1 Å². The number of ether oxygens (including phenoxy) is 2. The number of amides is 2. The fraction of sp³-hybridized carbons (Fsp3) is 0.481. The van der Waals surface area contributed by atoms with Gasteiger partial charge in [0.25, 0.3) is 5.91 Å². The second-order valence-corrected chi connectivity index (χ2v) is 8.53. The Morgan fingerprint density at radius 2 is 1.67 bits per heavy atom. The van der Waals surface area contributed by atoms with Gasteiger partial charge in [0.15, 0.2) is 18.1 Å². The quantitative estimate of drug-likeness (QED) is 0.550. The van der Waals surface area contributed by atoms with Crippen molar-refractivity contribution in [2.45, 2.75) is 64.0 Å². The standard InChI is InChI=1S/C27H36N2O4/c1-3-23(27(31)28-22-14-8-5-9-15-22)29(19-18-21-12-6-4-7-13-21)26(30)20-33-25-17-11-10-16-24(25)32-2/h4,6-7,10-13,16-17,22-23H,3,5,8-9,14-15,18-20H2,1-2H3,(H,28,31). The summed E-state index contributed by atoms with van der Waals surface area (Å²) < 4.78 is 11.1. The lowest BCUT2D eigenvalue weighted by Crippen LogP contribution is -2.53. The molecule has 0 saturated heterocycles. The maximum atomic E-state index is 13.3. The van der Waals surface area contributed by atoms with Gasteiger partial charge in [0, 0.05) is 12.6 Å². The van der Waals surface area contributed by atoms with Crippen molar-refractivity contribution < 1.29 is 19.1 Å². The average Bonchev–Trinajstić information content (AvgIpc) is 2.86. The highest BCUT2D eigenvalue weighted by Gasteiger charge is 2.30. The van der Waals surface area contributed by atoms with E-state index in [4.69, 9.17) is 9.47 Å². The molecule has 1 N–H and O–H groups in total. The second kappa shape index (κ2) is 12.9. The molecule has 0 radical (unpaired) electrons. The van der Waals surface area contributed by atoms with E-state index >= 15 is 0 Å². The van der Waals surface area contributed by atoms with Gasteiger partial charge in [-0.1, -0.05) is 68.7 Å². The van der Waals surface area contributed by atoms with Crippen LogP contribution in [0.15, 0.2) is 54.6 Å². The van der Waals surface area contributed by atoms with Gasteiger partial charge in [-0.05, 0) is 43.4 Å². The van der Waals surface area contributed by atoms with Crippen LogP contribution in [0.4, 0.5) is 0 Å². The molecule has 33 heavy (non-hydrogen) atoms. The predicted molar refractivity (Wildman–Crippen MR) is 129 cm³/mol. The number of benzene rings is 2. The van der Waals surface area contributed by atoms with Crippen LogP contribution in [0, 0.1) is 0 Å². The third-order valence-corrected chi connectivity index (χ3v) is 6.24. The lowest BCUT2D eigenvalue weighted by atomic mass is 9.95. The molecule has 178 valence electrons. The van der Waals surface area contributed by atoms with Gasteiger partial charge in [-0.25, -0.2) is 0 Å². The van der Waals surface area contributed by atoms with Gasteiger partial charge in [-0.2, -0.15) is 0 Å². The minimum Gasteiger partial charge on any atom is -0.493 e. The molecule has 1 aliphatic rings. The maximum absolute atomic E-state index is 13.3. The molecular weight excluding hydrogens is 416 g/mol. The molecule has 0 bridgehead atoms. The van der Waals surface area contributed by atoms with E-state index in [1.165, 1.54) is 6.42 Å². The Labute approximate surface area is 197 Å². The Balaban J connectivity index is 1.71. The van der Waals surface area contributed by atoms with Crippen molar-refractivity contribution in [3.8, 4) is 11.5 Å². The zero-order chi connectivity index (χ0) is 23.5. The van der Waals surface area contributed by atoms with E-state index in [1.54, 1.807) is 24.1 Å². The minimum absolute atomic E-state index is 0.0666. The maximum Gasteiger partial charge on any atom is 0.261 e. The Morgan fingerprint density at radius 1 is 1.00 bits per heavy atom. The normalized spacial score (nSPS) is 14.8. The largest absolute Gasteiger partial charge is 0.493 e. The Kier molecular flexibility index (Phi) is 9.60. The first kappa shape index (κ1) is 24.6. The van der Waals surface area contributed by atoms with Crippen molar-refractivity contribution in [1.29, 1.82) is 0 Å². The van der Waals surface area contributed by atoms with Gasteiger partial charge in [0.05, 0.1) is 7.11 Å². The van der Waals surface area contributed by atoms with E-state index in [1.807, 2.05) is 49.4 Å².